The lowest BCUT2D eigenvalue weighted by Gasteiger charge is -1.99. The van der Waals surface area contributed by atoms with Crippen LogP contribution in [0.25, 0.3) is 33.6 Å². The number of hydrogen-bond acceptors (Lipinski definition) is 7. The summed E-state index contributed by atoms with van der Waals surface area (Å²) in [5.41, 5.74) is 0.791. The maximum absolute atomic E-state index is 12.3. The summed E-state index contributed by atoms with van der Waals surface area (Å²) in [6.07, 6.45) is 0.404. The lowest BCUT2D eigenvalue weighted by molar-refractivity contribution is -0.116. The summed E-state index contributed by atoms with van der Waals surface area (Å²) in [4.78, 5) is 49.7. The number of anilines is 1. The van der Waals surface area contributed by atoms with Crippen molar-refractivity contribution < 1.29 is 9.21 Å². The van der Waals surface area contributed by atoms with E-state index in [0.29, 0.717) is 22.4 Å². The quantitative estimate of drug-likeness (QED) is 0.387. The molecule has 0 bridgehead atoms. The van der Waals surface area contributed by atoms with E-state index in [2.05, 4.69) is 25.3 Å². The van der Waals surface area contributed by atoms with Crippen molar-refractivity contribution in [3.05, 3.63) is 62.4 Å². The van der Waals surface area contributed by atoms with Gasteiger partial charge in [-0.3, -0.25) is 19.1 Å². The second-order valence-electron chi connectivity index (χ2n) is 6.93. The van der Waals surface area contributed by atoms with E-state index < -0.39 is 11.2 Å². The summed E-state index contributed by atoms with van der Waals surface area (Å²) in [5, 5.41) is 6.03. The maximum Gasteiger partial charge on any atom is 0.329 e. The fourth-order valence-corrected chi connectivity index (χ4v) is 3.95. The molecule has 0 fully saturated rings. The minimum Gasteiger partial charge on any atom is -0.454 e. The predicted molar refractivity (Wildman–Crippen MR) is 116 cm³/mol. The Morgan fingerprint density at radius 1 is 1.23 bits per heavy atom. The van der Waals surface area contributed by atoms with E-state index in [1.54, 1.807) is 0 Å². The van der Waals surface area contributed by atoms with Crippen LogP contribution in [-0.2, 0) is 18.3 Å². The highest BCUT2D eigenvalue weighted by Crippen LogP contribution is 2.30. The number of aromatic nitrogens is 5. The first kappa shape index (κ1) is 19.0. The predicted octanol–water partition coefficient (Wildman–Crippen LogP) is 2.39. The number of thiazole rings is 1. The number of nitrogens with one attached hydrogen (secondary N) is 3. The third kappa shape index (κ3) is 3.55. The molecule has 3 N–H and O–H groups in total. The summed E-state index contributed by atoms with van der Waals surface area (Å²) in [5.74, 6) is 0.837. The zero-order chi connectivity index (χ0) is 21.5. The Bertz CT molecular complexity index is 1520. The molecule has 4 heterocycles. The third-order valence-corrected chi connectivity index (χ3v) is 5.58. The van der Waals surface area contributed by atoms with E-state index in [-0.39, 0.29) is 29.9 Å². The fraction of sp³-hybridized carbons (Fsp3) is 0.150. The summed E-state index contributed by atoms with van der Waals surface area (Å²) >= 11 is 1.30. The van der Waals surface area contributed by atoms with Crippen LogP contribution in [0.4, 0.5) is 5.13 Å². The van der Waals surface area contributed by atoms with Crippen molar-refractivity contribution in [2.75, 3.05) is 5.32 Å². The number of hydrogen-bond donors (Lipinski definition) is 3. The third-order valence-electron chi connectivity index (χ3n) is 4.82. The van der Waals surface area contributed by atoms with Crippen molar-refractivity contribution in [1.29, 1.82) is 0 Å². The van der Waals surface area contributed by atoms with Crippen LogP contribution in [0.5, 0.6) is 0 Å². The first-order valence-corrected chi connectivity index (χ1v) is 10.3. The number of nitrogens with zero attached hydrogens (tertiary/aromatic N) is 3. The number of H-pyrrole nitrogens is 2. The molecular formula is C20H16N6O4S. The summed E-state index contributed by atoms with van der Waals surface area (Å²) < 4.78 is 7.04. The first-order chi connectivity index (χ1) is 15.0. The van der Waals surface area contributed by atoms with Gasteiger partial charge in [-0.25, -0.2) is 14.8 Å². The van der Waals surface area contributed by atoms with E-state index >= 15 is 0 Å². The van der Waals surface area contributed by atoms with Crippen molar-refractivity contribution in [2.45, 2.75) is 12.8 Å². The summed E-state index contributed by atoms with van der Waals surface area (Å²) in [7, 11) is 1.51. The molecule has 0 spiro atoms. The van der Waals surface area contributed by atoms with Crippen molar-refractivity contribution >= 4 is 44.5 Å². The maximum atomic E-state index is 12.3. The zero-order valence-electron chi connectivity index (χ0n) is 16.3. The minimum absolute atomic E-state index is 0.130. The number of benzene rings is 1. The fourth-order valence-electron chi connectivity index (χ4n) is 3.24. The number of carbonyl (C=O) groups excluding carboxylic acids is 1. The number of fused-ring (bicyclic) bond motifs is 2. The lowest BCUT2D eigenvalue weighted by Crippen LogP contribution is -2.28. The van der Waals surface area contributed by atoms with E-state index in [1.165, 1.54) is 23.0 Å². The Labute approximate surface area is 177 Å². The molecule has 0 unspecified atom stereocenters. The van der Waals surface area contributed by atoms with Crippen LogP contribution in [-0.4, -0.2) is 30.4 Å². The van der Waals surface area contributed by atoms with Crippen molar-refractivity contribution in [2.24, 2.45) is 7.05 Å². The largest absolute Gasteiger partial charge is 0.454 e. The molecule has 0 saturated heterocycles. The molecule has 0 aliphatic rings. The Morgan fingerprint density at radius 3 is 2.90 bits per heavy atom. The molecule has 0 aliphatic carbocycles. The summed E-state index contributed by atoms with van der Waals surface area (Å²) in [6.45, 7) is 0. The molecule has 1 aromatic carbocycles. The zero-order valence-corrected chi connectivity index (χ0v) is 17.1. The van der Waals surface area contributed by atoms with Gasteiger partial charge in [0.05, 0.1) is 0 Å². The van der Waals surface area contributed by atoms with Crippen LogP contribution in [0.2, 0.25) is 0 Å². The second kappa shape index (κ2) is 7.36. The van der Waals surface area contributed by atoms with Gasteiger partial charge in [0.15, 0.2) is 16.5 Å². The topological polar surface area (TPSA) is 139 Å². The molecule has 156 valence electrons. The van der Waals surface area contributed by atoms with E-state index in [0.717, 1.165) is 11.0 Å². The molecule has 10 nitrogen and oxygen atoms in total. The van der Waals surface area contributed by atoms with Gasteiger partial charge in [-0.2, -0.15) is 0 Å². The number of rotatable bonds is 5. The molecule has 5 aromatic rings. The number of furan rings is 1. The lowest BCUT2D eigenvalue weighted by atomic mass is 10.2. The SMILES string of the molecule is Cn1c(=O)[nH]c(=O)c2[nH]c(CCC(=O)Nc3nc(-c4cc5ccccc5o4)cs3)nc21. The highest BCUT2D eigenvalue weighted by molar-refractivity contribution is 7.14. The Kier molecular flexibility index (Phi) is 4.51. The van der Waals surface area contributed by atoms with Gasteiger partial charge in [-0.15, -0.1) is 11.3 Å². The van der Waals surface area contributed by atoms with Crippen LogP contribution >= 0.6 is 11.3 Å². The smallest absolute Gasteiger partial charge is 0.329 e. The Morgan fingerprint density at radius 2 is 2.06 bits per heavy atom. The molecule has 1 amide bonds. The second-order valence-corrected chi connectivity index (χ2v) is 7.79. The van der Waals surface area contributed by atoms with Gasteiger partial charge < -0.3 is 14.7 Å². The number of aryl methyl sites for hydroxylation is 2. The van der Waals surface area contributed by atoms with Gasteiger partial charge in [-0.1, -0.05) is 18.2 Å². The summed E-state index contributed by atoms with van der Waals surface area (Å²) in [6, 6.07) is 9.59. The standard InChI is InChI=1S/C20H16N6O4S/c1-26-17-16(18(28)25-20(26)29)22-14(23-17)6-7-15(27)24-19-21-11(9-31-19)13-8-10-4-2-3-5-12(10)30-13/h2-5,8-9H,6-7H2,1H3,(H,22,23)(H,21,24,27)(H,25,28,29). The van der Waals surface area contributed by atoms with Gasteiger partial charge in [0, 0.05) is 30.7 Å². The highest BCUT2D eigenvalue weighted by Gasteiger charge is 2.14. The van der Waals surface area contributed by atoms with Gasteiger partial charge >= 0.3 is 5.69 Å². The average Bonchev–Trinajstić information content (AvgIpc) is 3.48. The Balaban J connectivity index is 1.27. The van der Waals surface area contributed by atoms with E-state index in [1.807, 2.05) is 35.7 Å². The molecule has 31 heavy (non-hydrogen) atoms. The molecule has 11 heteroatoms. The van der Waals surface area contributed by atoms with Gasteiger partial charge in [0.2, 0.25) is 5.91 Å². The van der Waals surface area contributed by atoms with Crippen LogP contribution in [0, 0.1) is 0 Å². The van der Waals surface area contributed by atoms with Gasteiger partial charge in [-0.05, 0) is 12.1 Å². The molecule has 0 saturated carbocycles. The van der Waals surface area contributed by atoms with Crippen molar-refractivity contribution in [3.8, 4) is 11.5 Å². The number of imidazole rings is 1. The van der Waals surface area contributed by atoms with Gasteiger partial charge in [0.1, 0.15) is 22.6 Å². The number of para-hydroxylation sites is 1. The molecule has 0 radical (unpaired) electrons. The van der Waals surface area contributed by atoms with Crippen LogP contribution in [0.3, 0.4) is 0 Å². The number of amides is 1. The van der Waals surface area contributed by atoms with E-state index in [9.17, 15) is 14.4 Å². The molecule has 0 atom stereocenters. The van der Waals surface area contributed by atoms with Gasteiger partial charge in [0.25, 0.3) is 5.56 Å². The van der Waals surface area contributed by atoms with Crippen molar-refractivity contribution in [3.63, 3.8) is 0 Å². The molecule has 0 aliphatic heterocycles. The highest BCUT2D eigenvalue weighted by atomic mass is 32.1. The van der Waals surface area contributed by atoms with Crippen molar-refractivity contribution in [1.82, 2.24) is 24.5 Å². The first-order valence-electron chi connectivity index (χ1n) is 9.40. The van der Waals surface area contributed by atoms with Crippen LogP contribution in [0.15, 0.2) is 49.7 Å². The minimum atomic E-state index is -0.544. The number of carbonyl (C=O) groups is 1. The van der Waals surface area contributed by atoms with E-state index in [4.69, 9.17) is 4.42 Å². The monoisotopic (exact) mass is 436 g/mol. The molecular weight excluding hydrogens is 420 g/mol. The number of aromatic amines is 2. The average molecular weight is 436 g/mol. The normalized spacial score (nSPS) is 11.4. The Hall–Kier alpha value is -3.99. The van der Waals surface area contributed by atoms with Crippen LogP contribution in [0.1, 0.15) is 12.2 Å². The molecule has 4 aromatic heterocycles. The van der Waals surface area contributed by atoms with Crippen LogP contribution < -0.4 is 16.6 Å². The molecule has 5 rings (SSSR count).